The van der Waals surface area contributed by atoms with Crippen molar-refractivity contribution in [2.75, 3.05) is 26.4 Å². The lowest BCUT2D eigenvalue weighted by Crippen LogP contribution is -2.22. The molecule has 0 spiro atoms. The smallest absolute Gasteiger partial charge is 0.359 e. The van der Waals surface area contributed by atoms with E-state index < -0.39 is 16.1 Å². The van der Waals surface area contributed by atoms with E-state index in [-0.39, 0.29) is 11.9 Å². The van der Waals surface area contributed by atoms with Crippen LogP contribution in [0.3, 0.4) is 0 Å². The molecule has 0 fully saturated rings. The summed E-state index contributed by atoms with van der Waals surface area (Å²) in [5, 5.41) is 8.33. The molecule has 0 unspecified atom stereocenters. The predicted octanol–water partition coefficient (Wildman–Crippen LogP) is 5.95. The third-order valence-electron chi connectivity index (χ3n) is 4.88. The number of ether oxygens (including phenoxy) is 4. The second-order valence-corrected chi connectivity index (χ2v) is 24.4. The van der Waals surface area contributed by atoms with E-state index in [0.29, 0.717) is 44.7 Å². The average Bonchev–Trinajstić information content (AvgIpc) is 3.36. The van der Waals surface area contributed by atoms with Crippen molar-refractivity contribution in [3.05, 3.63) is 30.9 Å². The van der Waals surface area contributed by atoms with Crippen LogP contribution in [0.25, 0.3) is 0 Å². The molecule has 0 aromatic carbocycles. The van der Waals surface area contributed by atoms with Gasteiger partial charge in [-0.1, -0.05) is 39.3 Å². The second kappa shape index (κ2) is 17.1. The lowest BCUT2D eigenvalue weighted by atomic mass is 10.4. The maximum absolute atomic E-state index is 11.8. The van der Waals surface area contributed by atoms with Crippen molar-refractivity contribution in [1.82, 2.24) is 19.6 Å². The Kier molecular flexibility index (Phi) is 15.8. The molecule has 2 heterocycles. The highest BCUT2D eigenvalue weighted by Crippen LogP contribution is 2.15. The van der Waals surface area contributed by atoms with Crippen molar-refractivity contribution < 1.29 is 28.5 Å². The first-order valence-electron chi connectivity index (χ1n) is 12.6. The molecule has 0 bridgehead atoms. The largest absolute Gasteiger partial charge is 0.461 e. The summed E-state index contributed by atoms with van der Waals surface area (Å²) in [6.07, 6.45) is 3.44. The highest BCUT2D eigenvalue weighted by Gasteiger charge is 2.19. The zero-order valence-electron chi connectivity index (χ0n) is 23.8. The number of hydrogen-bond acceptors (Lipinski definition) is 8. The summed E-state index contributed by atoms with van der Waals surface area (Å²) in [6, 6.07) is 2.22. The van der Waals surface area contributed by atoms with Crippen LogP contribution in [0.2, 0.25) is 51.4 Å². The van der Waals surface area contributed by atoms with E-state index in [4.69, 9.17) is 18.9 Å². The molecule has 0 saturated heterocycles. The normalized spacial score (nSPS) is 11.6. The molecule has 0 saturated carbocycles. The van der Waals surface area contributed by atoms with Gasteiger partial charge >= 0.3 is 11.9 Å². The lowest BCUT2D eigenvalue weighted by Gasteiger charge is -2.15. The van der Waals surface area contributed by atoms with Crippen molar-refractivity contribution in [1.29, 1.82) is 0 Å². The molecule has 2 aromatic rings. The van der Waals surface area contributed by atoms with Gasteiger partial charge in [0, 0.05) is 35.6 Å². The van der Waals surface area contributed by atoms with Gasteiger partial charge in [0.05, 0.1) is 26.6 Å². The van der Waals surface area contributed by atoms with E-state index in [9.17, 15) is 9.59 Å². The van der Waals surface area contributed by atoms with Gasteiger partial charge in [-0.3, -0.25) is 0 Å². The van der Waals surface area contributed by atoms with Gasteiger partial charge in [0.2, 0.25) is 0 Å². The molecule has 2 rings (SSSR count). The van der Waals surface area contributed by atoms with E-state index in [0.717, 1.165) is 25.8 Å². The molecule has 0 N–H and O–H groups in total. The van der Waals surface area contributed by atoms with Crippen LogP contribution in [0.15, 0.2) is 12.4 Å². The Morgan fingerprint density at radius 1 is 0.842 bits per heavy atom. The minimum Gasteiger partial charge on any atom is -0.461 e. The first-order chi connectivity index (χ1) is 17.7. The number of rotatable bonds is 14. The summed E-state index contributed by atoms with van der Waals surface area (Å²) in [5.74, 6) is -0.731. The van der Waals surface area contributed by atoms with Gasteiger partial charge in [0.15, 0.2) is 11.4 Å². The van der Waals surface area contributed by atoms with Gasteiger partial charge in [-0.25, -0.2) is 19.0 Å². The van der Waals surface area contributed by atoms with Crippen LogP contribution < -0.4 is 0 Å². The van der Waals surface area contributed by atoms with Crippen LogP contribution in [0, 0.1) is 7.14 Å². The molecule has 14 heteroatoms. The van der Waals surface area contributed by atoms with Crippen LogP contribution in [-0.4, -0.2) is 74.1 Å². The zero-order valence-corrected chi connectivity index (χ0v) is 30.1. The van der Waals surface area contributed by atoms with Crippen LogP contribution in [0.1, 0.15) is 34.8 Å². The first kappa shape index (κ1) is 35.2. The van der Waals surface area contributed by atoms with Crippen LogP contribution in [0.5, 0.6) is 0 Å². The fourth-order valence-electron chi connectivity index (χ4n) is 2.73. The van der Waals surface area contributed by atoms with Crippen molar-refractivity contribution >= 4 is 73.3 Å². The highest BCUT2D eigenvalue weighted by atomic mass is 127. The zero-order chi connectivity index (χ0) is 28.9. The molecule has 0 aliphatic carbocycles. The molecular formula is C24H42I2N4O6Si2. The van der Waals surface area contributed by atoms with Gasteiger partial charge in [0.1, 0.15) is 13.5 Å². The molecule has 0 amide bonds. The molecule has 10 nitrogen and oxygen atoms in total. The number of carbonyl (C=O) groups excluding carboxylic acids is 2. The van der Waals surface area contributed by atoms with E-state index >= 15 is 0 Å². The van der Waals surface area contributed by atoms with E-state index in [2.05, 4.69) is 94.7 Å². The van der Waals surface area contributed by atoms with Gasteiger partial charge in [-0.2, -0.15) is 10.2 Å². The van der Waals surface area contributed by atoms with E-state index in [1.165, 1.54) is 0 Å². The van der Waals surface area contributed by atoms with Crippen molar-refractivity contribution in [3.8, 4) is 0 Å². The number of hydrogen-bond donors (Lipinski definition) is 0. The average molecular weight is 793 g/mol. The van der Waals surface area contributed by atoms with Crippen LogP contribution >= 0.6 is 45.2 Å². The molecular weight excluding hydrogens is 750 g/mol. The monoisotopic (exact) mass is 792 g/mol. The van der Waals surface area contributed by atoms with Crippen molar-refractivity contribution in [2.45, 2.75) is 78.7 Å². The Morgan fingerprint density at radius 3 is 1.89 bits per heavy atom. The summed E-state index contributed by atoms with van der Waals surface area (Å²) in [7, 11) is -2.15. The summed E-state index contributed by atoms with van der Waals surface area (Å²) in [4.78, 5) is 23.4. The van der Waals surface area contributed by atoms with Crippen LogP contribution in [0.4, 0.5) is 0 Å². The maximum Gasteiger partial charge on any atom is 0.359 e. The van der Waals surface area contributed by atoms with Gasteiger partial charge < -0.3 is 18.9 Å². The minimum atomic E-state index is -1.09. The van der Waals surface area contributed by atoms with Crippen molar-refractivity contribution in [2.24, 2.45) is 0 Å². The Labute approximate surface area is 255 Å². The first-order valence-corrected chi connectivity index (χ1v) is 22.2. The molecule has 0 atom stereocenters. The summed E-state index contributed by atoms with van der Waals surface area (Å²) in [5.41, 5.74) is 0.826. The van der Waals surface area contributed by atoms with Crippen LogP contribution in [-0.2, 0) is 32.4 Å². The van der Waals surface area contributed by atoms with Crippen molar-refractivity contribution in [3.63, 3.8) is 0 Å². The van der Waals surface area contributed by atoms with E-state index in [1.807, 2.05) is 0 Å². The Balaban J connectivity index is 0.000000380. The highest BCUT2D eigenvalue weighted by molar-refractivity contribution is 14.1. The summed E-state index contributed by atoms with van der Waals surface area (Å²) in [6.45, 7) is 20.2. The standard InChI is InChI=1S/2C12H21IN2O3Si/c1-5-18-12(16)11-10(13)8-15(14-11)9-17-6-7-19(2,3)4;1-5-18-12(16)11-10(13)8-14-15(11)9-17-6-7-19(2,3)4/h2*8H,5-7,9H2,1-4H3. The third-order valence-corrected chi connectivity index (χ3v) is 9.87. The van der Waals surface area contributed by atoms with Gasteiger partial charge in [-0.05, 0) is 71.1 Å². The summed E-state index contributed by atoms with van der Waals surface area (Å²) < 4.78 is 25.9. The quantitative estimate of drug-likeness (QED) is 0.100. The van der Waals surface area contributed by atoms with E-state index in [1.54, 1.807) is 35.6 Å². The fourth-order valence-corrected chi connectivity index (χ4v) is 5.52. The second-order valence-electron chi connectivity index (χ2n) is 10.8. The molecule has 0 radical (unpaired) electrons. The minimum absolute atomic E-state index is 0.293. The number of carbonyl (C=O) groups is 2. The number of halogens is 2. The Morgan fingerprint density at radius 2 is 1.37 bits per heavy atom. The third kappa shape index (κ3) is 14.0. The SMILES string of the molecule is CCOC(=O)c1c(I)cnn1COCC[Si](C)(C)C.CCOC(=O)c1nn(COCC[Si](C)(C)C)cc1I. The molecule has 2 aromatic heterocycles. The maximum atomic E-state index is 11.8. The van der Waals surface area contributed by atoms with Gasteiger partial charge in [0.25, 0.3) is 0 Å². The molecule has 0 aliphatic rings. The Hall–Kier alpha value is -0.826. The number of nitrogens with zero attached hydrogens (tertiary/aromatic N) is 4. The molecule has 216 valence electrons. The predicted molar refractivity (Wildman–Crippen MR) is 170 cm³/mol. The fraction of sp³-hybridized carbons (Fsp3) is 0.667. The lowest BCUT2D eigenvalue weighted by molar-refractivity contribution is 0.0452. The topological polar surface area (TPSA) is 107 Å². The summed E-state index contributed by atoms with van der Waals surface area (Å²) >= 11 is 4.15. The number of aromatic nitrogens is 4. The van der Waals surface area contributed by atoms with Gasteiger partial charge in [-0.15, -0.1) is 0 Å². The molecule has 38 heavy (non-hydrogen) atoms. The Bertz CT molecular complexity index is 1020. The molecule has 0 aliphatic heterocycles. The number of esters is 2.